The van der Waals surface area contributed by atoms with Crippen LogP contribution in [0.15, 0.2) is 84.9 Å². The molecule has 0 aliphatic heterocycles. The number of hydrogen-bond donors (Lipinski definition) is 1. The summed E-state index contributed by atoms with van der Waals surface area (Å²) in [6.07, 6.45) is -0.960. The summed E-state index contributed by atoms with van der Waals surface area (Å²) in [6, 6.07) is 26.8. The first kappa shape index (κ1) is 21.8. The van der Waals surface area contributed by atoms with Crippen LogP contribution in [0.3, 0.4) is 0 Å². The van der Waals surface area contributed by atoms with Gasteiger partial charge in [-0.05, 0) is 49.6 Å². The molecule has 1 amide bonds. The Balaban J connectivity index is 1.45. The summed E-state index contributed by atoms with van der Waals surface area (Å²) in [5, 5.41) is 5.29. The molecule has 0 spiro atoms. The Labute approximate surface area is 201 Å². The Morgan fingerprint density at radius 1 is 0.912 bits per heavy atom. The Morgan fingerprint density at radius 2 is 1.65 bits per heavy atom. The third kappa shape index (κ3) is 4.28. The van der Waals surface area contributed by atoms with Crippen LogP contribution in [0.25, 0.3) is 31.6 Å². The van der Waals surface area contributed by atoms with Crippen molar-refractivity contribution in [2.45, 2.75) is 20.0 Å². The minimum atomic E-state index is -0.960. The van der Waals surface area contributed by atoms with E-state index in [9.17, 15) is 9.59 Å². The molecule has 1 atom stereocenters. The van der Waals surface area contributed by atoms with Gasteiger partial charge in [-0.25, -0.2) is 9.78 Å². The van der Waals surface area contributed by atoms with E-state index < -0.39 is 12.1 Å². The van der Waals surface area contributed by atoms with Crippen molar-refractivity contribution in [3.8, 4) is 10.6 Å². The number of anilines is 1. The molecule has 1 heterocycles. The lowest BCUT2D eigenvalue weighted by atomic mass is 9.99. The van der Waals surface area contributed by atoms with E-state index in [2.05, 4.69) is 5.32 Å². The quantitative estimate of drug-likeness (QED) is 0.296. The summed E-state index contributed by atoms with van der Waals surface area (Å²) in [6.45, 7) is 3.55. The molecular formula is C28H22N2O3S. The maximum Gasteiger partial charge on any atom is 0.339 e. The van der Waals surface area contributed by atoms with E-state index in [0.29, 0.717) is 11.3 Å². The molecule has 1 N–H and O–H groups in total. The fraction of sp³-hybridized carbons (Fsp3) is 0.107. The summed E-state index contributed by atoms with van der Waals surface area (Å²) in [4.78, 5) is 30.6. The van der Waals surface area contributed by atoms with E-state index in [1.165, 1.54) is 0 Å². The highest BCUT2D eigenvalue weighted by Crippen LogP contribution is 2.36. The van der Waals surface area contributed by atoms with Crippen LogP contribution in [0.5, 0.6) is 0 Å². The fourth-order valence-electron chi connectivity index (χ4n) is 3.84. The summed E-state index contributed by atoms with van der Waals surface area (Å²) >= 11 is 1.58. The smallest absolute Gasteiger partial charge is 0.339 e. The van der Waals surface area contributed by atoms with Gasteiger partial charge in [0.15, 0.2) is 6.10 Å². The predicted octanol–water partition coefficient (Wildman–Crippen LogP) is 6.61. The summed E-state index contributed by atoms with van der Waals surface area (Å²) < 4.78 is 6.66. The molecule has 0 aliphatic rings. The summed E-state index contributed by atoms with van der Waals surface area (Å²) in [5.74, 6) is -0.936. The fourth-order valence-corrected chi connectivity index (χ4v) is 4.83. The van der Waals surface area contributed by atoms with Gasteiger partial charge >= 0.3 is 5.97 Å². The van der Waals surface area contributed by atoms with Crippen molar-refractivity contribution < 1.29 is 14.3 Å². The molecular weight excluding hydrogens is 444 g/mol. The van der Waals surface area contributed by atoms with Crippen LogP contribution in [0, 0.1) is 6.92 Å². The average Bonchev–Trinajstić information content (AvgIpc) is 3.28. The standard InChI is InChI=1S/C28H22N2O3S/c1-17-13-15-20(16-14-17)29-26(31)18(2)33-28(32)22-10-6-8-19-7-5-9-21(25(19)22)27-30-23-11-3-4-12-24(23)34-27/h3-16,18H,1-2H3,(H,29,31). The number of amides is 1. The van der Waals surface area contributed by atoms with E-state index in [1.54, 1.807) is 24.3 Å². The second kappa shape index (κ2) is 9.08. The number of ether oxygens (including phenoxy) is 1. The SMILES string of the molecule is Cc1ccc(NC(=O)C(C)OC(=O)c2cccc3cccc(-c4nc5ccccc5s4)c23)cc1. The monoisotopic (exact) mass is 466 g/mol. The van der Waals surface area contributed by atoms with Gasteiger partial charge in [0.2, 0.25) is 0 Å². The molecule has 0 saturated heterocycles. The van der Waals surface area contributed by atoms with Crippen LogP contribution >= 0.6 is 11.3 Å². The predicted molar refractivity (Wildman–Crippen MR) is 137 cm³/mol. The molecule has 5 rings (SSSR count). The lowest BCUT2D eigenvalue weighted by Gasteiger charge is -2.15. The molecule has 168 valence electrons. The number of hydrogen-bond acceptors (Lipinski definition) is 5. The molecule has 6 heteroatoms. The van der Waals surface area contributed by atoms with Crippen molar-refractivity contribution >= 4 is 49.9 Å². The van der Waals surface area contributed by atoms with Gasteiger partial charge in [-0.2, -0.15) is 0 Å². The Kier molecular flexibility index (Phi) is 5.82. The topological polar surface area (TPSA) is 68.3 Å². The van der Waals surface area contributed by atoms with Crippen molar-refractivity contribution in [2.75, 3.05) is 5.32 Å². The van der Waals surface area contributed by atoms with E-state index >= 15 is 0 Å². The molecule has 0 aliphatic carbocycles. The number of aromatic nitrogens is 1. The van der Waals surface area contributed by atoms with Crippen molar-refractivity contribution in [1.82, 2.24) is 4.98 Å². The van der Waals surface area contributed by atoms with Crippen molar-refractivity contribution in [3.63, 3.8) is 0 Å². The van der Waals surface area contributed by atoms with E-state index in [1.807, 2.05) is 85.8 Å². The molecule has 0 bridgehead atoms. The lowest BCUT2D eigenvalue weighted by molar-refractivity contribution is -0.123. The first-order valence-corrected chi connectivity index (χ1v) is 11.8. The molecule has 4 aromatic carbocycles. The van der Waals surface area contributed by atoms with Crippen molar-refractivity contribution in [3.05, 3.63) is 96.1 Å². The molecule has 5 aromatic rings. The second-order valence-electron chi connectivity index (χ2n) is 8.10. The largest absolute Gasteiger partial charge is 0.449 e. The van der Waals surface area contributed by atoms with Crippen LogP contribution < -0.4 is 5.32 Å². The average molecular weight is 467 g/mol. The van der Waals surface area contributed by atoms with Crippen molar-refractivity contribution in [1.29, 1.82) is 0 Å². The number of thiazole rings is 1. The van der Waals surface area contributed by atoms with Crippen LogP contribution in [0.1, 0.15) is 22.8 Å². The summed E-state index contributed by atoms with van der Waals surface area (Å²) in [5.41, 5.74) is 3.94. The highest BCUT2D eigenvalue weighted by Gasteiger charge is 2.22. The first-order valence-electron chi connectivity index (χ1n) is 11.0. The number of carbonyl (C=O) groups excluding carboxylic acids is 2. The number of esters is 1. The van der Waals surface area contributed by atoms with Crippen molar-refractivity contribution in [2.24, 2.45) is 0 Å². The highest BCUT2D eigenvalue weighted by molar-refractivity contribution is 7.21. The first-order chi connectivity index (χ1) is 16.5. The second-order valence-corrected chi connectivity index (χ2v) is 9.13. The van der Waals surface area contributed by atoms with Crippen LogP contribution in [0.4, 0.5) is 5.69 Å². The number of fused-ring (bicyclic) bond motifs is 2. The third-order valence-corrected chi connectivity index (χ3v) is 6.69. The molecule has 0 fully saturated rings. The number of para-hydroxylation sites is 1. The third-order valence-electron chi connectivity index (χ3n) is 5.62. The molecule has 0 saturated carbocycles. The van der Waals surface area contributed by atoms with Gasteiger partial charge in [0.25, 0.3) is 5.91 Å². The van der Waals surface area contributed by atoms with Crippen LogP contribution in [-0.4, -0.2) is 23.0 Å². The lowest BCUT2D eigenvalue weighted by Crippen LogP contribution is -2.30. The minimum absolute atomic E-state index is 0.385. The van der Waals surface area contributed by atoms with Gasteiger partial charge < -0.3 is 10.1 Å². The molecule has 0 radical (unpaired) electrons. The molecule has 1 unspecified atom stereocenters. The summed E-state index contributed by atoms with van der Waals surface area (Å²) in [7, 11) is 0. The number of nitrogens with one attached hydrogen (secondary N) is 1. The minimum Gasteiger partial charge on any atom is -0.449 e. The van der Waals surface area contributed by atoms with Gasteiger partial charge in [-0.15, -0.1) is 11.3 Å². The van der Waals surface area contributed by atoms with Gasteiger partial charge in [0.1, 0.15) is 5.01 Å². The Morgan fingerprint density at radius 3 is 2.41 bits per heavy atom. The molecule has 34 heavy (non-hydrogen) atoms. The van der Waals surface area contributed by atoms with Gasteiger partial charge in [-0.1, -0.05) is 60.2 Å². The number of nitrogens with zero attached hydrogens (tertiary/aromatic N) is 1. The van der Waals surface area contributed by atoms with Gasteiger partial charge in [0.05, 0.1) is 15.8 Å². The van der Waals surface area contributed by atoms with Crippen LogP contribution in [-0.2, 0) is 9.53 Å². The normalized spacial score (nSPS) is 11.9. The molecule has 5 nitrogen and oxygen atoms in total. The van der Waals surface area contributed by atoms with E-state index in [4.69, 9.17) is 9.72 Å². The van der Waals surface area contributed by atoms with E-state index in [0.717, 1.165) is 37.1 Å². The zero-order valence-corrected chi connectivity index (χ0v) is 19.6. The maximum atomic E-state index is 13.2. The number of benzene rings is 4. The molecule has 1 aromatic heterocycles. The number of rotatable bonds is 5. The number of carbonyl (C=O) groups is 2. The zero-order valence-electron chi connectivity index (χ0n) is 18.7. The van der Waals surface area contributed by atoms with Gasteiger partial charge in [-0.3, -0.25) is 4.79 Å². The van der Waals surface area contributed by atoms with Gasteiger partial charge in [0, 0.05) is 16.6 Å². The highest BCUT2D eigenvalue weighted by atomic mass is 32.1. The van der Waals surface area contributed by atoms with Crippen LogP contribution in [0.2, 0.25) is 0 Å². The zero-order chi connectivity index (χ0) is 23.7. The van der Waals surface area contributed by atoms with E-state index in [-0.39, 0.29) is 5.91 Å². The Bertz CT molecular complexity index is 1480. The maximum absolute atomic E-state index is 13.2. The Hall–Kier alpha value is -4.03. The number of aryl methyl sites for hydroxylation is 1.